The number of rotatable bonds is 5. The summed E-state index contributed by atoms with van der Waals surface area (Å²) in [6.07, 6.45) is -3.35. The summed E-state index contributed by atoms with van der Waals surface area (Å²) in [5, 5.41) is 0. The minimum atomic E-state index is -4.59. The topological polar surface area (TPSA) is 50.3 Å². The Morgan fingerprint density at radius 1 is 1.50 bits per heavy atom. The highest BCUT2D eigenvalue weighted by Gasteiger charge is 2.37. The summed E-state index contributed by atoms with van der Waals surface area (Å²) in [5.74, 6) is 0. The van der Waals surface area contributed by atoms with Crippen LogP contribution in [0.5, 0.6) is 0 Å². The number of thiazole rings is 1. The Hall–Kier alpha value is -0.380. The number of hydrogen-bond donors (Lipinski definition) is 0. The highest BCUT2D eigenvalue weighted by molar-refractivity contribution is 7.91. The van der Waals surface area contributed by atoms with Gasteiger partial charge in [-0.1, -0.05) is 29.9 Å². The number of halogens is 4. The van der Waals surface area contributed by atoms with Crippen LogP contribution < -0.4 is 0 Å². The molecule has 0 amide bonds. The van der Waals surface area contributed by atoms with Crippen LogP contribution in [-0.2, 0) is 10.0 Å². The van der Waals surface area contributed by atoms with E-state index in [1.54, 1.807) is 6.92 Å². The van der Waals surface area contributed by atoms with E-state index in [2.05, 4.69) is 4.98 Å². The summed E-state index contributed by atoms with van der Waals surface area (Å²) < 4.78 is 61.0. The maximum absolute atomic E-state index is 12.3. The van der Waals surface area contributed by atoms with Crippen molar-refractivity contribution < 1.29 is 21.6 Å². The predicted octanol–water partition coefficient (Wildman–Crippen LogP) is 2.76. The van der Waals surface area contributed by atoms with Crippen molar-refractivity contribution in [2.75, 3.05) is 13.1 Å². The van der Waals surface area contributed by atoms with E-state index in [0.717, 1.165) is 6.20 Å². The van der Waals surface area contributed by atoms with Crippen molar-refractivity contribution in [3.05, 3.63) is 10.7 Å². The lowest BCUT2D eigenvalue weighted by Crippen LogP contribution is -2.39. The van der Waals surface area contributed by atoms with Crippen molar-refractivity contribution in [2.45, 2.75) is 23.7 Å². The fraction of sp³-hybridized carbons (Fsp3) is 0.625. The monoisotopic (exact) mass is 322 g/mol. The standard InChI is InChI=1S/C8H10ClF3N2O2S2/c1-2-3-14(5-8(10,11)12)18(15,16)6-4-13-7(9)17-6/h4H,2-3,5H2,1H3. The average molecular weight is 323 g/mol. The first-order valence-electron chi connectivity index (χ1n) is 4.85. The quantitative estimate of drug-likeness (QED) is 0.837. The minimum absolute atomic E-state index is 0.0305. The molecule has 0 aliphatic heterocycles. The Labute approximate surface area is 111 Å². The largest absolute Gasteiger partial charge is 0.402 e. The zero-order valence-electron chi connectivity index (χ0n) is 9.24. The summed E-state index contributed by atoms with van der Waals surface area (Å²) in [6.45, 7) is -0.130. The maximum Gasteiger partial charge on any atom is 0.402 e. The molecule has 0 saturated carbocycles. The second kappa shape index (κ2) is 5.72. The lowest BCUT2D eigenvalue weighted by Gasteiger charge is -2.21. The third-order valence-electron chi connectivity index (χ3n) is 1.88. The van der Waals surface area contributed by atoms with Crippen LogP contribution in [0, 0.1) is 0 Å². The Balaban J connectivity index is 3.04. The first-order chi connectivity index (χ1) is 8.16. The van der Waals surface area contributed by atoms with Gasteiger partial charge in [0.15, 0.2) is 8.68 Å². The second-order valence-corrected chi connectivity index (χ2v) is 7.16. The third kappa shape index (κ3) is 4.08. The molecule has 0 spiro atoms. The van der Waals surface area contributed by atoms with Gasteiger partial charge in [0.2, 0.25) is 0 Å². The van der Waals surface area contributed by atoms with Gasteiger partial charge in [0.1, 0.15) is 6.54 Å². The smallest absolute Gasteiger partial charge is 0.232 e. The number of alkyl halides is 3. The summed E-state index contributed by atoms with van der Waals surface area (Å²) in [5.41, 5.74) is 0. The maximum atomic E-state index is 12.3. The number of aromatic nitrogens is 1. The predicted molar refractivity (Wildman–Crippen MR) is 62.2 cm³/mol. The molecule has 0 aliphatic carbocycles. The zero-order chi connectivity index (χ0) is 14.0. The van der Waals surface area contributed by atoms with E-state index < -0.39 is 22.7 Å². The van der Waals surface area contributed by atoms with Crippen LogP contribution in [0.3, 0.4) is 0 Å². The molecule has 10 heteroatoms. The van der Waals surface area contributed by atoms with E-state index in [1.165, 1.54) is 0 Å². The lowest BCUT2D eigenvalue weighted by molar-refractivity contribution is -0.136. The van der Waals surface area contributed by atoms with Crippen LogP contribution in [0.1, 0.15) is 13.3 Å². The number of sulfonamides is 1. The molecule has 0 atom stereocenters. The van der Waals surface area contributed by atoms with Crippen molar-refractivity contribution in [2.24, 2.45) is 0 Å². The molecule has 104 valence electrons. The van der Waals surface area contributed by atoms with Crippen LogP contribution >= 0.6 is 22.9 Å². The molecule has 1 aromatic heterocycles. The van der Waals surface area contributed by atoms with Crippen LogP contribution in [0.4, 0.5) is 13.2 Å². The van der Waals surface area contributed by atoms with Gasteiger partial charge in [-0.2, -0.15) is 17.5 Å². The number of hydrogen-bond acceptors (Lipinski definition) is 4. The minimum Gasteiger partial charge on any atom is -0.232 e. The van der Waals surface area contributed by atoms with Crippen molar-refractivity contribution in [3.63, 3.8) is 0 Å². The van der Waals surface area contributed by atoms with E-state index in [9.17, 15) is 21.6 Å². The van der Waals surface area contributed by atoms with E-state index in [-0.39, 0.29) is 21.6 Å². The van der Waals surface area contributed by atoms with Crippen molar-refractivity contribution in [3.8, 4) is 0 Å². The van der Waals surface area contributed by atoms with Gasteiger partial charge in [-0.15, -0.1) is 0 Å². The molecule has 1 rings (SSSR count). The Morgan fingerprint density at radius 3 is 2.50 bits per heavy atom. The number of nitrogens with zero attached hydrogens (tertiary/aromatic N) is 2. The van der Waals surface area contributed by atoms with Gasteiger partial charge < -0.3 is 0 Å². The van der Waals surface area contributed by atoms with E-state index in [4.69, 9.17) is 11.6 Å². The zero-order valence-corrected chi connectivity index (χ0v) is 11.6. The highest BCUT2D eigenvalue weighted by atomic mass is 35.5. The van der Waals surface area contributed by atoms with Gasteiger partial charge in [-0.05, 0) is 6.42 Å². The molecule has 1 heterocycles. The SMILES string of the molecule is CCCN(CC(F)(F)F)S(=O)(=O)c1cnc(Cl)s1. The normalized spacial score (nSPS) is 13.2. The molecule has 0 N–H and O–H groups in total. The first-order valence-corrected chi connectivity index (χ1v) is 7.48. The summed E-state index contributed by atoms with van der Waals surface area (Å²) in [6, 6.07) is 0. The van der Waals surface area contributed by atoms with E-state index >= 15 is 0 Å². The van der Waals surface area contributed by atoms with Crippen LogP contribution in [0.25, 0.3) is 0 Å². The summed E-state index contributed by atoms with van der Waals surface area (Å²) in [4.78, 5) is 3.52. The molecule has 0 fully saturated rings. The second-order valence-electron chi connectivity index (χ2n) is 3.39. The first kappa shape index (κ1) is 15.7. The molecule has 0 unspecified atom stereocenters. The van der Waals surface area contributed by atoms with Gasteiger partial charge >= 0.3 is 6.18 Å². The average Bonchev–Trinajstić information content (AvgIpc) is 2.63. The highest BCUT2D eigenvalue weighted by Crippen LogP contribution is 2.28. The van der Waals surface area contributed by atoms with Gasteiger partial charge in [0, 0.05) is 6.54 Å². The van der Waals surface area contributed by atoms with Crippen molar-refractivity contribution >= 4 is 33.0 Å². The van der Waals surface area contributed by atoms with Gasteiger partial charge in [0.25, 0.3) is 10.0 Å². The van der Waals surface area contributed by atoms with Gasteiger partial charge in [0.05, 0.1) is 6.20 Å². The molecule has 1 aromatic rings. The Kier molecular flexibility index (Phi) is 4.98. The third-order valence-corrected chi connectivity index (χ3v) is 5.28. The van der Waals surface area contributed by atoms with Crippen LogP contribution in [0.15, 0.2) is 10.4 Å². The molecule has 0 bridgehead atoms. The molecule has 0 aromatic carbocycles. The Bertz CT molecular complexity index is 501. The summed E-state index contributed by atoms with van der Waals surface area (Å²) >= 11 is 6.12. The molecule has 0 aliphatic rings. The van der Waals surface area contributed by atoms with Gasteiger partial charge in [-0.25, -0.2) is 13.4 Å². The fourth-order valence-corrected chi connectivity index (χ4v) is 4.19. The van der Waals surface area contributed by atoms with Crippen molar-refractivity contribution in [1.82, 2.24) is 9.29 Å². The molecule has 4 nitrogen and oxygen atoms in total. The fourth-order valence-electron chi connectivity index (χ4n) is 1.22. The molecular weight excluding hydrogens is 313 g/mol. The van der Waals surface area contributed by atoms with E-state index in [1.807, 2.05) is 0 Å². The van der Waals surface area contributed by atoms with Crippen molar-refractivity contribution in [1.29, 1.82) is 0 Å². The van der Waals surface area contributed by atoms with Crippen LogP contribution in [0.2, 0.25) is 4.47 Å². The summed E-state index contributed by atoms with van der Waals surface area (Å²) in [7, 11) is -4.19. The molecule has 0 radical (unpaired) electrons. The van der Waals surface area contributed by atoms with Crippen LogP contribution in [-0.4, -0.2) is 37.0 Å². The molecule has 18 heavy (non-hydrogen) atoms. The lowest BCUT2D eigenvalue weighted by atomic mass is 10.5. The van der Waals surface area contributed by atoms with E-state index in [0.29, 0.717) is 15.6 Å². The molecular formula is C8H10ClF3N2O2S2. The molecule has 0 saturated heterocycles. The Morgan fingerprint density at radius 2 is 2.11 bits per heavy atom. The van der Waals surface area contributed by atoms with Gasteiger partial charge in [-0.3, -0.25) is 0 Å².